The molecule has 0 atom stereocenters. The number of nitrogen functional groups attached to an aromatic ring is 1. The number of nitrogens with one attached hydrogen (secondary N) is 1. The van der Waals surface area contributed by atoms with E-state index in [0.717, 1.165) is 27.6 Å². The summed E-state index contributed by atoms with van der Waals surface area (Å²) in [7, 11) is 0. The summed E-state index contributed by atoms with van der Waals surface area (Å²) >= 11 is 3.71. The van der Waals surface area contributed by atoms with E-state index in [1.54, 1.807) is 11.3 Å². The quantitative estimate of drug-likeness (QED) is 0.824. The molecule has 0 radical (unpaired) electrons. The Balaban J connectivity index is 1.72. The molecule has 0 bridgehead atoms. The average Bonchev–Trinajstić information content (AvgIpc) is 2.88. The van der Waals surface area contributed by atoms with Crippen LogP contribution in [0.2, 0.25) is 0 Å². The molecule has 1 aliphatic carbocycles. The first-order valence-electron chi connectivity index (χ1n) is 7.16. The largest absolute Gasteiger partial charge is 0.399 e. The fraction of sp³-hybridized carbons (Fsp3) is 0.533. The molecule has 20 heavy (non-hydrogen) atoms. The van der Waals surface area contributed by atoms with E-state index in [4.69, 9.17) is 5.73 Å². The molecule has 1 heterocycles. The highest BCUT2D eigenvalue weighted by atomic mass is 32.2. The van der Waals surface area contributed by atoms with Crippen molar-refractivity contribution in [3.05, 3.63) is 18.2 Å². The van der Waals surface area contributed by atoms with Crippen LogP contribution in [0, 0.1) is 0 Å². The minimum Gasteiger partial charge on any atom is -0.399 e. The van der Waals surface area contributed by atoms with Crippen LogP contribution in [0.25, 0.3) is 10.2 Å². The summed E-state index contributed by atoms with van der Waals surface area (Å²) in [5.74, 6) is 0. The van der Waals surface area contributed by atoms with E-state index >= 15 is 0 Å². The zero-order valence-corrected chi connectivity index (χ0v) is 13.4. The topological polar surface area (TPSA) is 50.9 Å². The van der Waals surface area contributed by atoms with Crippen molar-refractivity contribution in [1.82, 2.24) is 4.98 Å². The predicted octanol–water partition coefficient (Wildman–Crippen LogP) is 4.36. The molecule has 1 aromatic heterocycles. The van der Waals surface area contributed by atoms with Gasteiger partial charge >= 0.3 is 0 Å². The number of fused-ring (bicyclic) bond motifs is 1. The summed E-state index contributed by atoms with van der Waals surface area (Å²) < 4.78 is 1.56. The van der Waals surface area contributed by atoms with Gasteiger partial charge in [0.1, 0.15) is 0 Å². The van der Waals surface area contributed by atoms with Crippen LogP contribution in [0.15, 0.2) is 18.2 Å². The van der Waals surface area contributed by atoms with Crippen molar-refractivity contribution < 1.29 is 0 Å². The highest BCUT2D eigenvalue weighted by Crippen LogP contribution is 2.39. The Kier molecular flexibility index (Phi) is 4.08. The average molecular weight is 307 g/mol. The fourth-order valence-electron chi connectivity index (χ4n) is 2.90. The third-order valence-electron chi connectivity index (χ3n) is 4.17. The zero-order chi connectivity index (χ0) is 14.0. The van der Waals surface area contributed by atoms with Crippen molar-refractivity contribution in [2.24, 2.45) is 0 Å². The maximum absolute atomic E-state index is 5.82. The molecule has 108 valence electrons. The van der Waals surface area contributed by atoms with Crippen molar-refractivity contribution in [3.63, 3.8) is 0 Å². The second-order valence-electron chi connectivity index (χ2n) is 5.55. The summed E-state index contributed by atoms with van der Waals surface area (Å²) in [6.07, 6.45) is 8.99. The predicted molar refractivity (Wildman–Crippen MR) is 91.9 cm³/mol. The van der Waals surface area contributed by atoms with Gasteiger partial charge in [-0.25, -0.2) is 4.98 Å². The van der Waals surface area contributed by atoms with Gasteiger partial charge in [-0.15, -0.1) is 0 Å². The third-order valence-corrected chi connectivity index (χ3v) is 6.57. The summed E-state index contributed by atoms with van der Waals surface area (Å²) in [6, 6.07) is 5.91. The number of hydrogen-bond donors (Lipinski definition) is 2. The third kappa shape index (κ3) is 2.88. The summed E-state index contributed by atoms with van der Waals surface area (Å²) in [5.41, 5.74) is 7.66. The van der Waals surface area contributed by atoms with Gasteiger partial charge in [0.2, 0.25) is 0 Å². The smallest absolute Gasteiger partial charge is 0.183 e. The number of aromatic nitrogens is 1. The van der Waals surface area contributed by atoms with E-state index < -0.39 is 0 Å². The molecule has 3 nitrogen and oxygen atoms in total. The van der Waals surface area contributed by atoms with Gasteiger partial charge in [-0.2, -0.15) is 11.8 Å². The fourth-order valence-corrected chi connectivity index (χ4v) is 4.73. The zero-order valence-electron chi connectivity index (χ0n) is 11.8. The number of rotatable bonds is 4. The Morgan fingerprint density at radius 1 is 1.35 bits per heavy atom. The van der Waals surface area contributed by atoms with Crippen LogP contribution >= 0.6 is 23.1 Å². The number of benzene rings is 1. The van der Waals surface area contributed by atoms with E-state index in [0.29, 0.717) is 4.75 Å². The molecule has 5 heteroatoms. The first-order valence-corrected chi connectivity index (χ1v) is 9.20. The Morgan fingerprint density at radius 2 is 2.15 bits per heavy atom. The molecule has 0 amide bonds. The molecular weight excluding hydrogens is 286 g/mol. The number of nitrogens with two attached hydrogens (primary N) is 1. The van der Waals surface area contributed by atoms with E-state index in [1.165, 1.54) is 32.1 Å². The Bertz CT molecular complexity index is 588. The first kappa shape index (κ1) is 14.0. The minimum absolute atomic E-state index is 0.398. The highest BCUT2D eigenvalue weighted by Gasteiger charge is 2.31. The molecule has 0 unspecified atom stereocenters. The van der Waals surface area contributed by atoms with Gasteiger partial charge < -0.3 is 11.1 Å². The van der Waals surface area contributed by atoms with Crippen LogP contribution in [0.1, 0.15) is 32.1 Å². The normalized spacial score (nSPS) is 18.2. The van der Waals surface area contributed by atoms with Gasteiger partial charge in [0, 0.05) is 17.0 Å². The lowest BCUT2D eigenvalue weighted by Crippen LogP contribution is -2.35. The van der Waals surface area contributed by atoms with Gasteiger partial charge in [0.25, 0.3) is 0 Å². The molecule has 1 aliphatic rings. The molecule has 3 rings (SSSR count). The first-order chi connectivity index (χ1) is 9.71. The lowest BCUT2D eigenvalue weighted by molar-refractivity contribution is 0.411. The second kappa shape index (κ2) is 5.82. The van der Waals surface area contributed by atoms with Crippen LogP contribution < -0.4 is 11.1 Å². The van der Waals surface area contributed by atoms with Crippen LogP contribution in [-0.4, -0.2) is 22.5 Å². The van der Waals surface area contributed by atoms with Gasteiger partial charge in [-0.05, 0) is 37.3 Å². The Hall–Kier alpha value is -0.940. The van der Waals surface area contributed by atoms with Crippen LogP contribution in [0.3, 0.4) is 0 Å². The molecule has 0 aliphatic heterocycles. The monoisotopic (exact) mass is 307 g/mol. The van der Waals surface area contributed by atoms with Crippen LogP contribution in [0.5, 0.6) is 0 Å². The molecule has 1 saturated carbocycles. The van der Waals surface area contributed by atoms with Crippen molar-refractivity contribution in [1.29, 1.82) is 0 Å². The SMILES string of the molecule is CSC1(CNc2nc3ccc(N)cc3s2)CCCCC1. The van der Waals surface area contributed by atoms with Crippen molar-refractivity contribution in [2.45, 2.75) is 36.9 Å². The van der Waals surface area contributed by atoms with Crippen LogP contribution in [0.4, 0.5) is 10.8 Å². The van der Waals surface area contributed by atoms with Gasteiger partial charge in [0.05, 0.1) is 10.2 Å². The standard InChI is InChI=1S/C15H21N3S2/c1-19-15(7-3-2-4-8-15)10-17-14-18-12-6-5-11(16)9-13(12)20-14/h5-6,9H,2-4,7-8,10,16H2,1H3,(H,17,18). The number of thiazole rings is 1. The number of nitrogens with zero attached hydrogens (tertiary/aromatic N) is 1. The van der Waals surface area contributed by atoms with E-state index in [-0.39, 0.29) is 0 Å². The number of thioether (sulfide) groups is 1. The molecular formula is C15H21N3S2. The van der Waals surface area contributed by atoms with E-state index in [2.05, 4.69) is 16.6 Å². The molecule has 1 fully saturated rings. The van der Waals surface area contributed by atoms with Gasteiger partial charge in [-0.1, -0.05) is 30.6 Å². The maximum atomic E-state index is 5.82. The van der Waals surface area contributed by atoms with Crippen LogP contribution in [-0.2, 0) is 0 Å². The molecule has 3 N–H and O–H groups in total. The molecule has 0 saturated heterocycles. The summed E-state index contributed by atoms with van der Waals surface area (Å²) in [5, 5.41) is 4.58. The van der Waals surface area contributed by atoms with Gasteiger partial charge in [0.15, 0.2) is 5.13 Å². The highest BCUT2D eigenvalue weighted by molar-refractivity contribution is 8.00. The lowest BCUT2D eigenvalue weighted by Gasteiger charge is -2.35. The summed E-state index contributed by atoms with van der Waals surface area (Å²) in [4.78, 5) is 4.65. The molecule has 0 spiro atoms. The number of hydrogen-bond acceptors (Lipinski definition) is 5. The molecule has 2 aromatic rings. The lowest BCUT2D eigenvalue weighted by atomic mass is 9.88. The Morgan fingerprint density at radius 3 is 2.90 bits per heavy atom. The van der Waals surface area contributed by atoms with Crippen molar-refractivity contribution in [3.8, 4) is 0 Å². The van der Waals surface area contributed by atoms with Crippen molar-refractivity contribution >= 4 is 44.1 Å². The van der Waals surface area contributed by atoms with Crippen molar-refractivity contribution in [2.75, 3.05) is 23.9 Å². The summed E-state index contributed by atoms with van der Waals surface area (Å²) in [6.45, 7) is 1.02. The number of anilines is 2. The minimum atomic E-state index is 0.398. The maximum Gasteiger partial charge on any atom is 0.183 e. The van der Waals surface area contributed by atoms with Gasteiger partial charge in [-0.3, -0.25) is 0 Å². The van der Waals surface area contributed by atoms with E-state index in [1.807, 2.05) is 30.0 Å². The Labute approximate surface area is 128 Å². The van der Waals surface area contributed by atoms with E-state index in [9.17, 15) is 0 Å². The molecule has 1 aromatic carbocycles. The second-order valence-corrected chi connectivity index (χ2v) is 7.85.